The highest BCUT2D eigenvalue weighted by Crippen LogP contribution is 2.10. The molecular weight excluding hydrogens is 212 g/mol. The Bertz CT molecular complexity index is 611. The van der Waals surface area contributed by atoms with Crippen molar-refractivity contribution in [1.29, 1.82) is 0 Å². The van der Waals surface area contributed by atoms with Gasteiger partial charge in [-0.2, -0.15) is 0 Å². The molecule has 2 aromatic heterocycles. The van der Waals surface area contributed by atoms with Crippen LogP contribution in [0.4, 0.5) is 0 Å². The van der Waals surface area contributed by atoms with Gasteiger partial charge in [0.25, 0.3) is 5.56 Å². The molecule has 0 atom stereocenters. The Labute approximate surface area is 101 Å². The third kappa shape index (κ3) is 2.09. The predicted molar refractivity (Wildman–Crippen MR) is 69.5 cm³/mol. The molecular formula is C14H18N2O. The Morgan fingerprint density at radius 1 is 1.29 bits per heavy atom. The van der Waals surface area contributed by atoms with Crippen molar-refractivity contribution in [3.05, 3.63) is 45.5 Å². The quantitative estimate of drug-likeness (QED) is 0.794. The standard InChI is InChI=1S/C14H18N2O/c1-9(2)8-12-11(4)15-13-7-5-6-10(3)16(13)14(12)17/h5-7,9H,8H2,1-4H3. The fraction of sp³-hybridized carbons (Fsp3) is 0.429. The minimum absolute atomic E-state index is 0.0827. The zero-order valence-electron chi connectivity index (χ0n) is 10.8. The first-order valence-electron chi connectivity index (χ1n) is 5.98. The van der Waals surface area contributed by atoms with E-state index in [-0.39, 0.29) is 5.56 Å². The van der Waals surface area contributed by atoms with E-state index >= 15 is 0 Å². The van der Waals surface area contributed by atoms with Gasteiger partial charge in [0, 0.05) is 17.0 Å². The van der Waals surface area contributed by atoms with Crippen LogP contribution in [0.2, 0.25) is 0 Å². The highest BCUT2D eigenvalue weighted by Gasteiger charge is 2.11. The predicted octanol–water partition coefficient (Wildman–Crippen LogP) is 2.51. The summed E-state index contributed by atoms with van der Waals surface area (Å²) in [5.41, 5.74) is 3.45. The van der Waals surface area contributed by atoms with Crippen LogP contribution in [-0.4, -0.2) is 9.38 Å². The van der Waals surface area contributed by atoms with E-state index in [1.165, 1.54) is 0 Å². The van der Waals surface area contributed by atoms with Crippen LogP contribution in [0.1, 0.15) is 30.8 Å². The van der Waals surface area contributed by atoms with Gasteiger partial charge in [0.2, 0.25) is 0 Å². The fourth-order valence-corrected chi connectivity index (χ4v) is 2.13. The first-order chi connectivity index (χ1) is 8.00. The van der Waals surface area contributed by atoms with Gasteiger partial charge in [-0.05, 0) is 38.3 Å². The monoisotopic (exact) mass is 230 g/mol. The van der Waals surface area contributed by atoms with Crippen LogP contribution >= 0.6 is 0 Å². The summed E-state index contributed by atoms with van der Waals surface area (Å²) in [6.45, 7) is 8.09. The molecule has 0 N–H and O–H groups in total. The van der Waals surface area contributed by atoms with Gasteiger partial charge in [0.05, 0.1) is 0 Å². The van der Waals surface area contributed by atoms with E-state index in [0.29, 0.717) is 5.92 Å². The molecule has 0 spiro atoms. The third-order valence-electron chi connectivity index (χ3n) is 2.96. The van der Waals surface area contributed by atoms with E-state index in [4.69, 9.17) is 0 Å². The summed E-state index contributed by atoms with van der Waals surface area (Å²) in [6, 6.07) is 5.74. The highest BCUT2D eigenvalue weighted by atomic mass is 16.1. The molecule has 0 saturated heterocycles. The minimum atomic E-state index is 0.0827. The number of rotatable bonds is 2. The van der Waals surface area contributed by atoms with Crippen LogP contribution in [0, 0.1) is 19.8 Å². The van der Waals surface area contributed by atoms with Crippen molar-refractivity contribution in [3.63, 3.8) is 0 Å². The summed E-state index contributed by atoms with van der Waals surface area (Å²) in [4.78, 5) is 16.9. The molecule has 0 amide bonds. The Kier molecular flexibility index (Phi) is 3.01. The van der Waals surface area contributed by atoms with Crippen molar-refractivity contribution in [2.24, 2.45) is 5.92 Å². The molecule has 17 heavy (non-hydrogen) atoms. The lowest BCUT2D eigenvalue weighted by molar-refractivity contribution is 0.634. The zero-order valence-corrected chi connectivity index (χ0v) is 10.8. The number of nitrogens with zero attached hydrogens (tertiary/aromatic N) is 2. The lowest BCUT2D eigenvalue weighted by Crippen LogP contribution is -2.24. The van der Waals surface area contributed by atoms with Gasteiger partial charge in [0.15, 0.2) is 0 Å². The molecule has 0 bridgehead atoms. The molecule has 2 heterocycles. The molecule has 0 unspecified atom stereocenters. The van der Waals surface area contributed by atoms with E-state index < -0.39 is 0 Å². The summed E-state index contributed by atoms with van der Waals surface area (Å²) in [5, 5.41) is 0. The maximum Gasteiger partial charge on any atom is 0.261 e. The molecule has 0 aromatic carbocycles. The van der Waals surface area contributed by atoms with Gasteiger partial charge in [-0.15, -0.1) is 0 Å². The fourth-order valence-electron chi connectivity index (χ4n) is 2.13. The van der Waals surface area contributed by atoms with Crippen LogP contribution in [0.3, 0.4) is 0 Å². The lowest BCUT2D eigenvalue weighted by Gasteiger charge is -2.11. The summed E-state index contributed by atoms with van der Waals surface area (Å²) < 4.78 is 1.70. The molecule has 90 valence electrons. The molecule has 2 rings (SSSR count). The van der Waals surface area contributed by atoms with E-state index in [9.17, 15) is 4.79 Å². The van der Waals surface area contributed by atoms with Gasteiger partial charge in [-0.3, -0.25) is 9.20 Å². The van der Waals surface area contributed by atoms with E-state index in [2.05, 4.69) is 18.8 Å². The second kappa shape index (κ2) is 4.32. The maximum atomic E-state index is 12.4. The van der Waals surface area contributed by atoms with Gasteiger partial charge in [0.1, 0.15) is 5.65 Å². The normalized spacial score (nSPS) is 11.4. The molecule has 0 fully saturated rings. The van der Waals surface area contributed by atoms with Gasteiger partial charge in [-0.1, -0.05) is 19.9 Å². The van der Waals surface area contributed by atoms with E-state index in [0.717, 1.165) is 29.0 Å². The molecule has 0 aliphatic carbocycles. The molecule has 0 aliphatic rings. The number of hydrogen-bond acceptors (Lipinski definition) is 2. The average molecular weight is 230 g/mol. The second-order valence-electron chi connectivity index (χ2n) is 4.94. The first kappa shape index (κ1) is 11.8. The third-order valence-corrected chi connectivity index (χ3v) is 2.96. The van der Waals surface area contributed by atoms with Crippen LogP contribution in [0.5, 0.6) is 0 Å². The average Bonchev–Trinajstić information content (AvgIpc) is 2.23. The Balaban J connectivity index is 2.79. The Morgan fingerprint density at radius 2 is 2.00 bits per heavy atom. The van der Waals surface area contributed by atoms with Gasteiger partial charge < -0.3 is 0 Å². The number of hydrogen-bond donors (Lipinski definition) is 0. The molecule has 2 aromatic rings. The van der Waals surface area contributed by atoms with Crippen molar-refractivity contribution in [3.8, 4) is 0 Å². The van der Waals surface area contributed by atoms with E-state index in [1.54, 1.807) is 4.40 Å². The van der Waals surface area contributed by atoms with Crippen LogP contribution < -0.4 is 5.56 Å². The molecule has 0 radical (unpaired) electrons. The topological polar surface area (TPSA) is 34.4 Å². The SMILES string of the molecule is Cc1nc2cccc(C)n2c(=O)c1CC(C)C. The van der Waals surface area contributed by atoms with Gasteiger partial charge >= 0.3 is 0 Å². The lowest BCUT2D eigenvalue weighted by atomic mass is 10.0. The number of aryl methyl sites for hydroxylation is 2. The minimum Gasteiger partial charge on any atom is -0.269 e. The van der Waals surface area contributed by atoms with Crippen molar-refractivity contribution >= 4 is 5.65 Å². The van der Waals surface area contributed by atoms with Crippen molar-refractivity contribution < 1.29 is 0 Å². The highest BCUT2D eigenvalue weighted by molar-refractivity contribution is 5.42. The largest absolute Gasteiger partial charge is 0.269 e. The van der Waals surface area contributed by atoms with E-state index in [1.807, 2.05) is 32.0 Å². The Hall–Kier alpha value is -1.64. The van der Waals surface area contributed by atoms with Crippen molar-refractivity contribution in [1.82, 2.24) is 9.38 Å². The molecule has 0 aliphatic heterocycles. The summed E-state index contributed by atoms with van der Waals surface area (Å²) in [6.07, 6.45) is 0.787. The van der Waals surface area contributed by atoms with Crippen LogP contribution in [-0.2, 0) is 6.42 Å². The summed E-state index contributed by atoms with van der Waals surface area (Å²) in [5.74, 6) is 0.463. The number of aromatic nitrogens is 2. The molecule has 3 heteroatoms. The molecule has 0 saturated carbocycles. The number of pyridine rings is 1. The zero-order chi connectivity index (χ0) is 12.6. The molecule has 3 nitrogen and oxygen atoms in total. The smallest absolute Gasteiger partial charge is 0.261 e. The van der Waals surface area contributed by atoms with Crippen LogP contribution in [0.15, 0.2) is 23.0 Å². The van der Waals surface area contributed by atoms with Gasteiger partial charge in [-0.25, -0.2) is 4.98 Å². The van der Waals surface area contributed by atoms with Crippen LogP contribution in [0.25, 0.3) is 5.65 Å². The first-order valence-corrected chi connectivity index (χ1v) is 5.98. The van der Waals surface area contributed by atoms with Crippen molar-refractivity contribution in [2.75, 3.05) is 0 Å². The second-order valence-corrected chi connectivity index (χ2v) is 4.94. The summed E-state index contributed by atoms with van der Waals surface area (Å²) >= 11 is 0. The maximum absolute atomic E-state index is 12.4. The number of fused-ring (bicyclic) bond motifs is 1. The Morgan fingerprint density at radius 3 is 2.65 bits per heavy atom. The van der Waals surface area contributed by atoms with Crippen molar-refractivity contribution in [2.45, 2.75) is 34.1 Å². The summed E-state index contributed by atoms with van der Waals surface area (Å²) in [7, 11) is 0.